The van der Waals surface area contributed by atoms with Crippen LogP contribution in [0.1, 0.15) is 26.3 Å². The highest BCUT2D eigenvalue weighted by Gasteiger charge is 2.05. The molecular weight excluding hydrogens is 207 g/mol. The minimum atomic E-state index is -0.230. The van der Waals surface area contributed by atoms with Crippen LogP contribution in [0.2, 0.25) is 0 Å². The summed E-state index contributed by atoms with van der Waals surface area (Å²) in [6.45, 7) is 5.78. The summed E-state index contributed by atoms with van der Waals surface area (Å²) in [6.07, 6.45) is 1.32. The Morgan fingerprint density at radius 3 is 2.25 bits per heavy atom. The fourth-order valence-corrected chi connectivity index (χ4v) is 1.06. The van der Waals surface area contributed by atoms with Crippen molar-refractivity contribution in [3.05, 3.63) is 35.6 Å². The lowest BCUT2D eigenvalue weighted by molar-refractivity contribution is -0.110. The molecule has 1 unspecified atom stereocenters. The first-order valence-electron chi connectivity index (χ1n) is 5.37. The molecule has 0 aliphatic carbocycles. The van der Waals surface area contributed by atoms with Crippen molar-refractivity contribution >= 4 is 6.29 Å². The molecular formula is C13H21FO2. The minimum absolute atomic E-state index is 0.109. The molecule has 0 bridgehead atoms. The Kier molecular flexibility index (Phi) is 12.7. The quantitative estimate of drug-likeness (QED) is 0.808. The molecule has 1 aromatic carbocycles. The van der Waals surface area contributed by atoms with E-state index in [0.717, 1.165) is 13.4 Å². The molecule has 2 nitrogen and oxygen atoms in total. The van der Waals surface area contributed by atoms with Crippen molar-refractivity contribution in [3.8, 4) is 0 Å². The summed E-state index contributed by atoms with van der Waals surface area (Å²) in [6, 6.07) is 6.53. The number of aliphatic hydroxyl groups excluding tert-OH is 1. The second-order valence-electron chi connectivity index (χ2n) is 2.91. The van der Waals surface area contributed by atoms with Crippen molar-refractivity contribution in [1.29, 1.82) is 0 Å². The van der Waals surface area contributed by atoms with Crippen LogP contribution in [0.4, 0.5) is 4.39 Å². The lowest BCUT2D eigenvalue weighted by Gasteiger charge is -2.03. The second-order valence-corrected chi connectivity index (χ2v) is 2.91. The summed E-state index contributed by atoms with van der Waals surface area (Å²) in [5.74, 6) is -0.340. The molecule has 0 amide bonds. The van der Waals surface area contributed by atoms with Crippen LogP contribution in [0.25, 0.3) is 0 Å². The van der Waals surface area contributed by atoms with Crippen LogP contribution in [-0.2, 0) is 11.2 Å². The Morgan fingerprint density at radius 1 is 1.31 bits per heavy atom. The van der Waals surface area contributed by atoms with Crippen molar-refractivity contribution < 1.29 is 14.3 Å². The summed E-state index contributed by atoms with van der Waals surface area (Å²) in [4.78, 5) is 10.3. The van der Waals surface area contributed by atoms with Gasteiger partial charge in [-0.05, 0) is 18.1 Å². The molecule has 0 aliphatic heterocycles. The third-order valence-corrected chi connectivity index (χ3v) is 1.73. The predicted octanol–water partition coefficient (Wildman–Crippen LogP) is 2.84. The number of hydrogen-bond donors (Lipinski definition) is 1. The summed E-state index contributed by atoms with van der Waals surface area (Å²) in [5, 5.41) is 7.00. The van der Waals surface area contributed by atoms with Gasteiger partial charge in [-0.15, -0.1) is 0 Å². The number of hydrogen-bond acceptors (Lipinski definition) is 2. The van der Waals surface area contributed by atoms with Gasteiger partial charge in [0, 0.05) is 13.0 Å². The van der Waals surface area contributed by atoms with Gasteiger partial charge in [0.15, 0.2) is 0 Å². The zero-order chi connectivity index (χ0) is 13.0. The second kappa shape index (κ2) is 11.9. The van der Waals surface area contributed by atoms with E-state index >= 15 is 0 Å². The van der Waals surface area contributed by atoms with Crippen LogP contribution in [0.3, 0.4) is 0 Å². The fraction of sp³-hybridized carbons (Fsp3) is 0.462. The molecule has 3 heteroatoms. The summed E-state index contributed by atoms with van der Waals surface area (Å²) < 4.78 is 13.0. The molecule has 0 aromatic heterocycles. The first-order chi connectivity index (χ1) is 7.74. The van der Waals surface area contributed by atoms with Gasteiger partial charge in [-0.3, -0.25) is 0 Å². The van der Waals surface area contributed by atoms with Gasteiger partial charge in [-0.25, -0.2) is 4.39 Å². The van der Waals surface area contributed by atoms with Crippen LogP contribution in [0, 0.1) is 11.7 Å². The van der Waals surface area contributed by atoms with E-state index in [1.54, 1.807) is 25.1 Å². The average molecular weight is 228 g/mol. The lowest BCUT2D eigenvalue weighted by atomic mass is 10.0. The molecule has 0 saturated heterocycles. The number of rotatable bonds is 3. The van der Waals surface area contributed by atoms with Gasteiger partial charge in [0.2, 0.25) is 0 Å². The number of benzene rings is 1. The van der Waals surface area contributed by atoms with E-state index in [4.69, 9.17) is 5.11 Å². The van der Waals surface area contributed by atoms with Crippen LogP contribution >= 0.6 is 0 Å². The first kappa shape index (κ1) is 17.2. The third kappa shape index (κ3) is 7.12. The number of carbonyl (C=O) groups is 1. The Morgan fingerprint density at radius 2 is 1.81 bits per heavy atom. The SMILES string of the molecule is CC.CC(C=O)Cc1ccccc1F.CO. The zero-order valence-electron chi connectivity index (χ0n) is 10.4. The summed E-state index contributed by atoms with van der Waals surface area (Å²) in [7, 11) is 1.00. The highest BCUT2D eigenvalue weighted by atomic mass is 19.1. The third-order valence-electron chi connectivity index (χ3n) is 1.73. The zero-order valence-corrected chi connectivity index (χ0v) is 10.4. The molecule has 1 N–H and O–H groups in total. The summed E-state index contributed by atoms with van der Waals surface area (Å²) in [5.41, 5.74) is 0.608. The number of aldehydes is 1. The van der Waals surface area contributed by atoms with Crippen molar-refractivity contribution in [2.45, 2.75) is 27.2 Å². The van der Waals surface area contributed by atoms with Crippen molar-refractivity contribution in [1.82, 2.24) is 0 Å². The largest absolute Gasteiger partial charge is 0.400 e. The fourth-order valence-electron chi connectivity index (χ4n) is 1.06. The molecule has 92 valence electrons. The predicted molar refractivity (Wildman–Crippen MR) is 64.8 cm³/mol. The summed E-state index contributed by atoms with van der Waals surface area (Å²) >= 11 is 0. The van der Waals surface area contributed by atoms with Gasteiger partial charge < -0.3 is 9.90 Å². The van der Waals surface area contributed by atoms with Crippen LogP contribution < -0.4 is 0 Å². The molecule has 1 atom stereocenters. The Bertz CT molecular complexity index is 274. The van der Waals surface area contributed by atoms with Crippen LogP contribution in [0.15, 0.2) is 24.3 Å². The van der Waals surface area contributed by atoms with E-state index in [2.05, 4.69) is 0 Å². The Balaban J connectivity index is 0. The van der Waals surface area contributed by atoms with Crippen LogP contribution in [0.5, 0.6) is 0 Å². The maximum Gasteiger partial charge on any atom is 0.126 e. The van der Waals surface area contributed by atoms with Gasteiger partial charge >= 0.3 is 0 Å². The highest BCUT2D eigenvalue weighted by molar-refractivity contribution is 5.53. The van der Waals surface area contributed by atoms with Crippen molar-refractivity contribution in [2.75, 3.05) is 7.11 Å². The maximum absolute atomic E-state index is 13.0. The smallest absolute Gasteiger partial charge is 0.126 e. The molecule has 0 spiro atoms. The van der Waals surface area contributed by atoms with E-state index < -0.39 is 0 Å². The van der Waals surface area contributed by atoms with E-state index in [0.29, 0.717) is 12.0 Å². The highest BCUT2D eigenvalue weighted by Crippen LogP contribution is 2.10. The Hall–Kier alpha value is -1.22. The monoisotopic (exact) mass is 228 g/mol. The average Bonchev–Trinajstić information content (AvgIpc) is 2.37. The van der Waals surface area contributed by atoms with Gasteiger partial charge in [-0.2, -0.15) is 0 Å². The molecule has 16 heavy (non-hydrogen) atoms. The van der Waals surface area contributed by atoms with E-state index in [1.165, 1.54) is 6.07 Å². The van der Waals surface area contributed by atoms with Crippen molar-refractivity contribution in [3.63, 3.8) is 0 Å². The number of carbonyl (C=O) groups excluding carboxylic acids is 1. The first-order valence-corrected chi connectivity index (χ1v) is 5.37. The van der Waals surface area contributed by atoms with E-state index in [-0.39, 0.29) is 11.7 Å². The molecule has 0 aliphatic rings. The molecule has 0 fully saturated rings. The maximum atomic E-state index is 13.0. The minimum Gasteiger partial charge on any atom is -0.400 e. The molecule has 0 saturated carbocycles. The molecule has 1 aromatic rings. The molecule has 0 radical (unpaired) electrons. The molecule has 0 heterocycles. The standard InChI is InChI=1S/C10H11FO.C2H6.CH4O/c1-8(7-12)6-9-4-2-3-5-10(9)11;2*1-2/h2-5,7-8H,6H2,1H3;1-2H3;2H,1H3. The van der Waals surface area contributed by atoms with Gasteiger partial charge in [0.25, 0.3) is 0 Å². The number of aliphatic hydroxyl groups is 1. The van der Waals surface area contributed by atoms with Gasteiger partial charge in [0.05, 0.1) is 0 Å². The molecule has 1 rings (SSSR count). The van der Waals surface area contributed by atoms with E-state index in [1.807, 2.05) is 13.8 Å². The van der Waals surface area contributed by atoms with Gasteiger partial charge in [-0.1, -0.05) is 39.0 Å². The Labute approximate surface area is 97.1 Å². The van der Waals surface area contributed by atoms with Crippen molar-refractivity contribution in [2.24, 2.45) is 5.92 Å². The normalized spacial score (nSPS) is 10.1. The lowest BCUT2D eigenvalue weighted by Crippen LogP contribution is -2.02. The number of halogens is 1. The van der Waals surface area contributed by atoms with Gasteiger partial charge in [0.1, 0.15) is 12.1 Å². The van der Waals surface area contributed by atoms with E-state index in [9.17, 15) is 9.18 Å². The van der Waals surface area contributed by atoms with Crippen LogP contribution in [-0.4, -0.2) is 18.5 Å². The topological polar surface area (TPSA) is 37.3 Å².